The smallest absolute Gasteiger partial charge is 0.335 e. The van der Waals surface area contributed by atoms with Crippen LogP contribution in [0.4, 0.5) is 0 Å². The Bertz CT molecular complexity index is 825. The van der Waals surface area contributed by atoms with E-state index >= 15 is 0 Å². The van der Waals surface area contributed by atoms with E-state index in [1.807, 2.05) is 24.3 Å². The van der Waals surface area contributed by atoms with Crippen LogP contribution in [0.2, 0.25) is 0 Å². The average Bonchev–Trinajstić information content (AvgIpc) is 2.73. The lowest BCUT2D eigenvalue weighted by molar-refractivity contribution is -0.121. The van der Waals surface area contributed by atoms with Crippen molar-refractivity contribution in [2.45, 2.75) is 24.7 Å². The minimum absolute atomic E-state index is 0.123. The van der Waals surface area contributed by atoms with Gasteiger partial charge in [-0.05, 0) is 48.2 Å². The summed E-state index contributed by atoms with van der Waals surface area (Å²) in [5, 5.41) is 12.1. The molecule has 1 amide bonds. The molecule has 2 aromatic carbocycles. The summed E-state index contributed by atoms with van der Waals surface area (Å²) in [5.41, 5.74) is 1.85. The highest BCUT2D eigenvalue weighted by atomic mass is 16.5. The molecule has 0 saturated carbocycles. The molecule has 2 N–H and O–H groups in total. The zero-order valence-electron chi connectivity index (χ0n) is 15.9. The molecular formula is C22H25NO5. The van der Waals surface area contributed by atoms with Gasteiger partial charge >= 0.3 is 5.97 Å². The number of rotatable bonds is 7. The van der Waals surface area contributed by atoms with Crippen LogP contribution in [0, 0.1) is 0 Å². The Labute approximate surface area is 164 Å². The molecule has 148 valence electrons. The van der Waals surface area contributed by atoms with Crippen LogP contribution in [0.15, 0.2) is 48.5 Å². The maximum Gasteiger partial charge on any atom is 0.335 e. The topological polar surface area (TPSA) is 84.9 Å². The highest BCUT2D eigenvalue weighted by Gasteiger charge is 2.34. The first-order chi connectivity index (χ1) is 13.5. The lowest BCUT2D eigenvalue weighted by Crippen LogP contribution is -2.45. The van der Waals surface area contributed by atoms with Gasteiger partial charge in [0.05, 0.1) is 19.1 Å². The van der Waals surface area contributed by atoms with Crippen molar-refractivity contribution in [1.82, 2.24) is 5.32 Å². The largest absolute Gasteiger partial charge is 0.497 e. The van der Waals surface area contributed by atoms with Crippen LogP contribution in [0.1, 0.15) is 34.3 Å². The van der Waals surface area contributed by atoms with Gasteiger partial charge in [0.1, 0.15) is 5.75 Å². The van der Waals surface area contributed by atoms with Gasteiger partial charge in [-0.2, -0.15) is 0 Å². The lowest BCUT2D eigenvalue weighted by Gasteiger charge is -2.38. The maximum atomic E-state index is 12.5. The molecule has 0 atom stereocenters. The molecule has 1 aliphatic rings. The summed E-state index contributed by atoms with van der Waals surface area (Å²) in [6.07, 6.45) is 1.80. The third kappa shape index (κ3) is 4.70. The maximum absolute atomic E-state index is 12.5. The van der Waals surface area contributed by atoms with Crippen LogP contribution in [0.3, 0.4) is 0 Å². The van der Waals surface area contributed by atoms with Crippen molar-refractivity contribution < 1.29 is 24.2 Å². The van der Waals surface area contributed by atoms with Gasteiger partial charge < -0.3 is 19.9 Å². The molecule has 1 saturated heterocycles. The fourth-order valence-electron chi connectivity index (χ4n) is 3.60. The molecular weight excluding hydrogens is 358 g/mol. The summed E-state index contributed by atoms with van der Waals surface area (Å²) in [7, 11) is 1.64. The van der Waals surface area contributed by atoms with Crippen molar-refractivity contribution in [3.05, 3.63) is 65.2 Å². The number of aromatic carboxylic acids is 1. The molecule has 0 radical (unpaired) electrons. The highest BCUT2D eigenvalue weighted by Crippen LogP contribution is 2.35. The summed E-state index contributed by atoms with van der Waals surface area (Å²) < 4.78 is 10.8. The van der Waals surface area contributed by atoms with Crippen molar-refractivity contribution in [3.63, 3.8) is 0 Å². The number of carbonyl (C=O) groups excluding carboxylic acids is 1. The third-order valence-corrected chi connectivity index (χ3v) is 5.31. The van der Waals surface area contributed by atoms with Crippen LogP contribution in [-0.2, 0) is 21.4 Å². The summed E-state index contributed by atoms with van der Waals surface area (Å²) in [4.78, 5) is 23.6. The third-order valence-electron chi connectivity index (χ3n) is 5.31. The number of hydrogen-bond acceptors (Lipinski definition) is 4. The van der Waals surface area contributed by atoms with E-state index in [9.17, 15) is 9.59 Å². The minimum Gasteiger partial charge on any atom is -0.497 e. The molecule has 1 heterocycles. The fraction of sp³-hybridized carbons (Fsp3) is 0.364. The monoisotopic (exact) mass is 383 g/mol. The minimum atomic E-state index is -0.997. The number of amides is 1. The van der Waals surface area contributed by atoms with Gasteiger partial charge in [0.15, 0.2) is 0 Å². The number of carbonyl (C=O) groups is 2. The second-order valence-electron chi connectivity index (χ2n) is 7.08. The number of carboxylic acid groups (broad SMARTS) is 1. The van der Waals surface area contributed by atoms with Crippen LogP contribution in [0.25, 0.3) is 0 Å². The Morgan fingerprint density at radius 2 is 1.86 bits per heavy atom. The van der Waals surface area contributed by atoms with Crippen LogP contribution >= 0.6 is 0 Å². The average molecular weight is 383 g/mol. The first-order valence-corrected chi connectivity index (χ1v) is 9.34. The highest BCUT2D eigenvalue weighted by molar-refractivity contribution is 5.88. The van der Waals surface area contributed by atoms with E-state index < -0.39 is 5.97 Å². The molecule has 0 unspecified atom stereocenters. The Morgan fingerprint density at radius 1 is 1.14 bits per heavy atom. The molecule has 0 aliphatic carbocycles. The summed E-state index contributed by atoms with van der Waals surface area (Å²) in [6, 6.07) is 14.4. The van der Waals surface area contributed by atoms with Crippen LogP contribution in [0.5, 0.6) is 5.75 Å². The van der Waals surface area contributed by atoms with Crippen molar-refractivity contribution in [2.24, 2.45) is 0 Å². The molecule has 3 rings (SSSR count). The Kier molecular flexibility index (Phi) is 6.31. The van der Waals surface area contributed by atoms with E-state index in [0.29, 0.717) is 25.3 Å². The first kappa shape index (κ1) is 19.9. The van der Waals surface area contributed by atoms with Gasteiger partial charge in [-0.25, -0.2) is 4.79 Å². The predicted molar refractivity (Wildman–Crippen MR) is 105 cm³/mol. The van der Waals surface area contributed by atoms with Crippen molar-refractivity contribution in [1.29, 1.82) is 0 Å². The van der Waals surface area contributed by atoms with Gasteiger partial charge in [-0.15, -0.1) is 0 Å². The number of nitrogens with one attached hydrogen (secondary N) is 1. The van der Waals surface area contributed by atoms with Gasteiger partial charge in [0, 0.05) is 25.2 Å². The number of hydrogen-bond donors (Lipinski definition) is 2. The standard InChI is InChI=1S/C22H25NO5/c1-27-19-7-5-18(6-8-19)22(9-11-28-12-10-22)15-23-20(24)14-16-3-2-4-17(13-16)21(25)26/h2-8,13H,9-12,14-15H2,1H3,(H,23,24)(H,25,26). The van der Waals surface area contributed by atoms with E-state index in [2.05, 4.69) is 5.32 Å². The molecule has 0 spiro atoms. The number of ether oxygens (including phenoxy) is 2. The zero-order valence-corrected chi connectivity index (χ0v) is 15.9. The molecule has 6 nitrogen and oxygen atoms in total. The SMILES string of the molecule is COc1ccc(C2(CNC(=O)Cc3cccc(C(=O)O)c3)CCOCC2)cc1. The van der Waals surface area contributed by atoms with Gasteiger partial charge in [-0.1, -0.05) is 24.3 Å². The second-order valence-corrected chi connectivity index (χ2v) is 7.08. The summed E-state index contributed by atoms with van der Waals surface area (Å²) in [5.74, 6) is -0.321. The number of benzene rings is 2. The summed E-state index contributed by atoms with van der Waals surface area (Å²) in [6.45, 7) is 1.82. The van der Waals surface area contributed by atoms with Gasteiger partial charge in [-0.3, -0.25) is 4.79 Å². The van der Waals surface area contributed by atoms with Gasteiger partial charge in [0.2, 0.25) is 5.91 Å². The van der Waals surface area contributed by atoms with Crippen molar-refractivity contribution >= 4 is 11.9 Å². The predicted octanol–water partition coefficient (Wildman–Crippen LogP) is 2.80. The van der Waals surface area contributed by atoms with E-state index in [-0.39, 0.29) is 23.3 Å². The van der Waals surface area contributed by atoms with Crippen molar-refractivity contribution in [2.75, 3.05) is 26.9 Å². The Morgan fingerprint density at radius 3 is 2.50 bits per heavy atom. The fourth-order valence-corrected chi connectivity index (χ4v) is 3.60. The molecule has 1 aliphatic heterocycles. The Balaban J connectivity index is 1.68. The van der Waals surface area contributed by atoms with Crippen LogP contribution < -0.4 is 10.1 Å². The van der Waals surface area contributed by atoms with Gasteiger partial charge in [0.25, 0.3) is 0 Å². The summed E-state index contributed by atoms with van der Waals surface area (Å²) >= 11 is 0. The molecule has 0 aromatic heterocycles. The Hall–Kier alpha value is -2.86. The number of methoxy groups -OCH3 is 1. The normalized spacial score (nSPS) is 15.6. The molecule has 6 heteroatoms. The quantitative estimate of drug-likeness (QED) is 0.768. The lowest BCUT2D eigenvalue weighted by atomic mass is 9.74. The zero-order chi connectivity index (χ0) is 20.0. The van der Waals surface area contributed by atoms with E-state index in [1.165, 1.54) is 12.1 Å². The molecule has 2 aromatic rings. The first-order valence-electron chi connectivity index (χ1n) is 9.34. The number of carboxylic acids is 1. The van der Waals surface area contributed by atoms with E-state index in [1.54, 1.807) is 19.2 Å². The molecule has 28 heavy (non-hydrogen) atoms. The molecule has 1 fully saturated rings. The van der Waals surface area contributed by atoms with Crippen molar-refractivity contribution in [3.8, 4) is 5.75 Å². The van der Waals surface area contributed by atoms with E-state index in [0.717, 1.165) is 24.2 Å². The van der Waals surface area contributed by atoms with E-state index in [4.69, 9.17) is 14.6 Å². The van der Waals surface area contributed by atoms with Crippen LogP contribution in [-0.4, -0.2) is 43.9 Å². The second kappa shape index (κ2) is 8.89. The molecule has 0 bridgehead atoms.